The van der Waals surface area contributed by atoms with Crippen LogP contribution < -0.4 is 10.3 Å². The van der Waals surface area contributed by atoms with E-state index in [0.29, 0.717) is 18.0 Å². The van der Waals surface area contributed by atoms with Crippen LogP contribution in [0.2, 0.25) is 0 Å². The summed E-state index contributed by atoms with van der Waals surface area (Å²) < 4.78 is 6.81. The summed E-state index contributed by atoms with van der Waals surface area (Å²) in [7, 11) is 0. The van der Waals surface area contributed by atoms with Crippen LogP contribution in [0.4, 0.5) is 0 Å². The molecule has 21 heavy (non-hydrogen) atoms. The second kappa shape index (κ2) is 6.36. The molecule has 2 aromatic rings. The average Bonchev–Trinajstić information content (AvgIpc) is 2.44. The second-order valence-corrected chi connectivity index (χ2v) is 4.64. The number of H-pyrrole nitrogens is 1. The van der Waals surface area contributed by atoms with Crippen molar-refractivity contribution in [3.05, 3.63) is 51.2 Å². The maximum atomic E-state index is 12.3. The molecule has 0 fully saturated rings. The molecule has 0 spiro atoms. The van der Waals surface area contributed by atoms with Crippen LogP contribution in [0.5, 0.6) is 5.75 Å². The van der Waals surface area contributed by atoms with Gasteiger partial charge in [-0.25, -0.2) is 0 Å². The summed E-state index contributed by atoms with van der Waals surface area (Å²) in [5.41, 5.74) is 0.257. The summed E-state index contributed by atoms with van der Waals surface area (Å²) in [6, 6.07) is 6.84. The van der Waals surface area contributed by atoms with Gasteiger partial charge in [-0.3, -0.25) is 14.2 Å². The van der Waals surface area contributed by atoms with E-state index in [1.54, 1.807) is 24.3 Å². The van der Waals surface area contributed by atoms with Crippen LogP contribution in [0.1, 0.15) is 12.5 Å². The lowest BCUT2D eigenvalue weighted by atomic mass is 10.2. The van der Waals surface area contributed by atoms with E-state index in [9.17, 15) is 9.59 Å². The minimum Gasteiger partial charge on any atom is -0.494 e. The number of carbonyl (C=O) groups is 1. The van der Waals surface area contributed by atoms with Crippen molar-refractivity contribution in [3.63, 3.8) is 0 Å². The fraction of sp³-hybridized carbons (Fsp3) is 0.214. The molecule has 2 rings (SSSR count). The van der Waals surface area contributed by atoms with Gasteiger partial charge in [0.2, 0.25) is 0 Å². The first-order chi connectivity index (χ1) is 10.0. The Morgan fingerprint density at radius 1 is 1.38 bits per heavy atom. The summed E-state index contributed by atoms with van der Waals surface area (Å²) in [5.74, 6) is -0.387. The fourth-order valence-electron chi connectivity index (χ4n) is 1.89. The molecule has 6 nitrogen and oxygen atoms in total. The molecular weight excluding hydrogens is 292 g/mol. The van der Waals surface area contributed by atoms with Crippen molar-refractivity contribution in [1.82, 2.24) is 9.55 Å². The normalized spacial score (nSPS) is 10.3. The highest BCUT2D eigenvalue weighted by atomic mass is 32.1. The number of aliphatic carboxylic acids is 1. The smallest absolute Gasteiger partial charge is 0.308 e. The maximum absolute atomic E-state index is 12.3. The zero-order valence-electron chi connectivity index (χ0n) is 11.3. The lowest BCUT2D eigenvalue weighted by Gasteiger charge is -2.09. The Labute approximate surface area is 125 Å². The number of aromatic nitrogens is 2. The van der Waals surface area contributed by atoms with Gasteiger partial charge in [0, 0.05) is 11.8 Å². The molecule has 1 aromatic carbocycles. The average molecular weight is 306 g/mol. The Kier molecular flexibility index (Phi) is 4.54. The number of rotatable bonds is 5. The summed E-state index contributed by atoms with van der Waals surface area (Å²) in [6.07, 6.45) is 0.978. The third kappa shape index (κ3) is 3.38. The monoisotopic (exact) mass is 306 g/mol. The molecule has 2 N–H and O–H groups in total. The Morgan fingerprint density at radius 2 is 2.05 bits per heavy atom. The van der Waals surface area contributed by atoms with Crippen LogP contribution >= 0.6 is 12.2 Å². The Balaban J connectivity index is 2.50. The molecule has 0 aliphatic rings. The molecule has 0 saturated heterocycles. The van der Waals surface area contributed by atoms with E-state index in [1.165, 1.54) is 10.8 Å². The molecule has 1 aromatic heterocycles. The molecule has 0 radical (unpaired) electrons. The Morgan fingerprint density at radius 3 is 2.62 bits per heavy atom. The topological polar surface area (TPSA) is 84.3 Å². The van der Waals surface area contributed by atoms with E-state index >= 15 is 0 Å². The number of nitrogens with zero attached hydrogens (tertiary/aromatic N) is 1. The molecular formula is C14H14N2O4S. The van der Waals surface area contributed by atoms with E-state index in [2.05, 4.69) is 4.98 Å². The van der Waals surface area contributed by atoms with Gasteiger partial charge in [0.05, 0.1) is 18.7 Å². The summed E-state index contributed by atoms with van der Waals surface area (Å²) in [6.45, 7) is 2.43. The first-order valence-corrected chi connectivity index (χ1v) is 6.72. The van der Waals surface area contributed by atoms with E-state index in [4.69, 9.17) is 22.1 Å². The van der Waals surface area contributed by atoms with Gasteiger partial charge >= 0.3 is 5.97 Å². The molecule has 0 atom stereocenters. The molecule has 0 aliphatic carbocycles. The predicted molar refractivity (Wildman–Crippen MR) is 79.7 cm³/mol. The zero-order chi connectivity index (χ0) is 15.4. The molecule has 0 saturated carbocycles. The van der Waals surface area contributed by atoms with E-state index < -0.39 is 11.5 Å². The number of carboxylic acid groups (broad SMARTS) is 1. The van der Waals surface area contributed by atoms with Crippen LogP contribution in [0, 0.1) is 4.77 Å². The van der Waals surface area contributed by atoms with Gasteiger partial charge in [0.1, 0.15) is 5.75 Å². The lowest BCUT2D eigenvalue weighted by Crippen LogP contribution is -2.25. The summed E-state index contributed by atoms with van der Waals surface area (Å²) >= 11 is 5.11. The van der Waals surface area contributed by atoms with Crippen molar-refractivity contribution in [2.24, 2.45) is 0 Å². The largest absolute Gasteiger partial charge is 0.494 e. The number of carboxylic acids is 1. The van der Waals surface area contributed by atoms with Gasteiger partial charge in [-0.1, -0.05) is 0 Å². The molecule has 110 valence electrons. The van der Waals surface area contributed by atoms with Crippen LogP contribution in [0.25, 0.3) is 5.69 Å². The van der Waals surface area contributed by atoms with Crippen molar-refractivity contribution < 1.29 is 14.6 Å². The number of ether oxygens (including phenoxy) is 1. The van der Waals surface area contributed by atoms with Crippen LogP contribution in [-0.2, 0) is 11.2 Å². The summed E-state index contributed by atoms with van der Waals surface area (Å²) in [4.78, 5) is 25.8. The third-order valence-corrected chi connectivity index (χ3v) is 3.10. The zero-order valence-corrected chi connectivity index (χ0v) is 12.1. The molecule has 1 heterocycles. The highest BCUT2D eigenvalue weighted by Gasteiger charge is 2.10. The minimum absolute atomic E-state index is 0.144. The fourth-order valence-corrected chi connectivity index (χ4v) is 2.14. The molecule has 0 unspecified atom stereocenters. The van der Waals surface area contributed by atoms with E-state index in [-0.39, 0.29) is 16.8 Å². The number of hydrogen-bond acceptors (Lipinski definition) is 4. The van der Waals surface area contributed by atoms with Gasteiger partial charge in [-0.05, 0) is 43.4 Å². The van der Waals surface area contributed by atoms with E-state index in [0.717, 1.165) is 0 Å². The Hall–Kier alpha value is -2.41. The van der Waals surface area contributed by atoms with Gasteiger partial charge in [0.25, 0.3) is 5.56 Å². The Bertz CT molecular complexity index is 762. The third-order valence-electron chi connectivity index (χ3n) is 2.80. The summed E-state index contributed by atoms with van der Waals surface area (Å²) in [5, 5.41) is 8.81. The number of benzene rings is 1. The minimum atomic E-state index is -1.07. The maximum Gasteiger partial charge on any atom is 0.308 e. The number of aromatic amines is 1. The first kappa shape index (κ1) is 15.0. The van der Waals surface area contributed by atoms with Crippen LogP contribution in [0.3, 0.4) is 0 Å². The van der Waals surface area contributed by atoms with Crippen molar-refractivity contribution in [2.75, 3.05) is 6.61 Å². The number of hydrogen-bond donors (Lipinski definition) is 2. The quantitative estimate of drug-likeness (QED) is 0.824. The van der Waals surface area contributed by atoms with Crippen molar-refractivity contribution >= 4 is 18.2 Å². The number of nitrogens with one attached hydrogen (secondary N) is 1. The van der Waals surface area contributed by atoms with Crippen molar-refractivity contribution in [2.45, 2.75) is 13.3 Å². The highest BCUT2D eigenvalue weighted by Crippen LogP contribution is 2.14. The first-order valence-electron chi connectivity index (χ1n) is 6.31. The molecule has 0 bridgehead atoms. The second-order valence-electron chi connectivity index (χ2n) is 4.26. The molecule has 7 heteroatoms. The highest BCUT2D eigenvalue weighted by molar-refractivity contribution is 7.71. The van der Waals surface area contributed by atoms with Crippen molar-refractivity contribution in [3.8, 4) is 11.4 Å². The van der Waals surface area contributed by atoms with Gasteiger partial charge < -0.3 is 14.8 Å². The SMILES string of the molecule is CCOc1ccc(-n2c(=S)[nH]cc(CC(=O)O)c2=O)cc1. The standard InChI is InChI=1S/C14H14N2O4S/c1-2-20-11-5-3-10(4-6-11)16-13(19)9(7-12(17)18)8-15-14(16)21/h3-6,8H,2,7H2,1H3,(H,15,21)(H,17,18). The lowest BCUT2D eigenvalue weighted by molar-refractivity contribution is -0.136. The van der Waals surface area contributed by atoms with Gasteiger partial charge in [-0.15, -0.1) is 0 Å². The van der Waals surface area contributed by atoms with E-state index in [1.807, 2.05) is 6.92 Å². The van der Waals surface area contributed by atoms with Crippen LogP contribution in [-0.4, -0.2) is 27.2 Å². The molecule has 0 amide bonds. The molecule has 0 aliphatic heterocycles. The van der Waals surface area contributed by atoms with Gasteiger partial charge in [-0.2, -0.15) is 0 Å². The van der Waals surface area contributed by atoms with Crippen molar-refractivity contribution in [1.29, 1.82) is 0 Å². The van der Waals surface area contributed by atoms with Crippen LogP contribution in [0.15, 0.2) is 35.3 Å². The predicted octanol–water partition coefficient (Wildman–Crippen LogP) is 1.92. The van der Waals surface area contributed by atoms with Gasteiger partial charge in [0.15, 0.2) is 4.77 Å².